The molecule has 0 aliphatic carbocycles. The van der Waals surface area contributed by atoms with Crippen molar-refractivity contribution in [2.24, 2.45) is 0 Å². The number of alkyl halides is 3. The van der Waals surface area contributed by atoms with Gasteiger partial charge in [0.2, 0.25) is 0 Å². The van der Waals surface area contributed by atoms with E-state index >= 15 is 0 Å². The van der Waals surface area contributed by atoms with Gasteiger partial charge in [-0.2, -0.15) is 18.4 Å². The molecule has 41 heavy (non-hydrogen) atoms. The highest BCUT2D eigenvalue weighted by atomic mass is 32.2. The first kappa shape index (κ1) is 30.1. The topological polar surface area (TPSA) is 90.3 Å². The van der Waals surface area contributed by atoms with Gasteiger partial charge in [0.15, 0.2) is 9.84 Å². The zero-order valence-electron chi connectivity index (χ0n) is 22.7. The first-order valence-corrected chi connectivity index (χ1v) is 15.2. The number of hydrogen-bond acceptors (Lipinski definition) is 5. The number of halogens is 3. The minimum Gasteiger partial charge on any atom is -0.368 e. The second kappa shape index (κ2) is 12.8. The molecule has 3 aromatic carbocycles. The standard InChI is InChI=1S/C31H32F3N3O3S/c1-2-41(39,40)29-17-5-22(6-18-29)20-36-30(38)24-9-14-28(15-10-24)37-21-25(11-16-27(37)4-3-19-35)23-7-12-26(13-8-23)31(32,33)34/h5-10,12-15,17-18,25,27H,2-4,11,16,20-21H2,1H3,(H,36,38)/t25?,27-/m1/s1. The predicted octanol–water partition coefficient (Wildman–Crippen LogP) is 6.49. The average Bonchev–Trinajstić information content (AvgIpc) is 2.98. The van der Waals surface area contributed by atoms with Crippen LogP contribution in [0, 0.1) is 11.3 Å². The zero-order chi connectivity index (χ0) is 29.6. The molecule has 0 aromatic heterocycles. The molecule has 0 saturated carbocycles. The van der Waals surface area contributed by atoms with Crippen molar-refractivity contribution in [2.75, 3.05) is 17.2 Å². The number of piperidine rings is 1. The molecule has 0 radical (unpaired) electrons. The Kier molecular flexibility index (Phi) is 9.38. The van der Waals surface area contributed by atoms with E-state index in [0.29, 0.717) is 24.9 Å². The van der Waals surface area contributed by atoms with E-state index in [1.54, 1.807) is 43.3 Å². The Morgan fingerprint density at radius 1 is 1.00 bits per heavy atom. The zero-order valence-corrected chi connectivity index (χ0v) is 23.5. The van der Waals surface area contributed by atoms with Crippen molar-refractivity contribution >= 4 is 21.4 Å². The Labute approximate surface area is 238 Å². The summed E-state index contributed by atoms with van der Waals surface area (Å²) < 4.78 is 63.0. The van der Waals surface area contributed by atoms with Gasteiger partial charge in [-0.1, -0.05) is 31.2 Å². The number of carbonyl (C=O) groups excluding carboxylic acids is 1. The minimum atomic E-state index is -4.38. The fourth-order valence-electron chi connectivity index (χ4n) is 5.16. The van der Waals surface area contributed by atoms with Crippen molar-refractivity contribution < 1.29 is 26.4 Å². The molecule has 1 unspecified atom stereocenters. The molecular weight excluding hydrogens is 551 g/mol. The van der Waals surface area contributed by atoms with Crippen LogP contribution in [0.25, 0.3) is 0 Å². The molecule has 0 bridgehead atoms. The van der Waals surface area contributed by atoms with Crippen molar-refractivity contribution in [1.29, 1.82) is 5.26 Å². The minimum absolute atomic E-state index is 0.0191. The second-order valence-corrected chi connectivity index (χ2v) is 12.5. The molecule has 1 saturated heterocycles. The third kappa shape index (κ3) is 7.47. The smallest absolute Gasteiger partial charge is 0.368 e. The predicted molar refractivity (Wildman–Crippen MR) is 151 cm³/mol. The molecule has 6 nitrogen and oxygen atoms in total. The van der Waals surface area contributed by atoms with Crippen LogP contribution < -0.4 is 10.2 Å². The molecule has 1 amide bonds. The Balaban J connectivity index is 1.43. The normalized spacial score (nSPS) is 17.6. The Morgan fingerprint density at radius 3 is 2.24 bits per heavy atom. The molecule has 2 atom stereocenters. The molecule has 0 spiro atoms. The van der Waals surface area contributed by atoms with Crippen molar-refractivity contribution in [3.63, 3.8) is 0 Å². The molecule has 1 heterocycles. The molecule has 1 aliphatic heterocycles. The van der Waals surface area contributed by atoms with Crippen molar-refractivity contribution in [3.8, 4) is 6.07 Å². The van der Waals surface area contributed by atoms with E-state index in [2.05, 4.69) is 16.3 Å². The maximum atomic E-state index is 13.0. The summed E-state index contributed by atoms with van der Waals surface area (Å²) in [4.78, 5) is 15.2. The van der Waals surface area contributed by atoms with Crippen molar-refractivity contribution in [3.05, 3.63) is 95.1 Å². The largest absolute Gasteiger partial charge is 0.416 e. The number of nitrogens with zero attached hydrogens (tertiary/aromatic N) is 2. The van der Waals surface area contributed by atoms with Gasteiger partial charge >= 0.3 is 6.18 Å². The number of carbonyl (C=O) groups is 1. The molecule has 1 aliphatic rings. The van der Waals surface area contributed by atoms with Gasteiger partial charge in [0.1, 0.15) is 0 Å². The quantitative estimate of drug-likeness (QED) is 0.311. The van der Waals surface area contributed by atoms with Crippen LogP contribution in [0.1, 0.15) is 65.6 Å². The van der Waals surface area contributed by atoms with E-state index < -0.39 is 21.6 Å². The van der Waals surface area contributed by atoms with Crippen LogP contribution in [0.2, 0.25) is 0 Å². The molecule has 3 aromatic rings. The third-order valence-corrected chi connectivity index (χ3v) is 9.33. The molecule has 10 heteroatoms. The number of rotatable bonds is 9. The second-order valence-electron chi connectivity index (χ2n) is 10.2. The Bertz CT molecular complexity index is 1480. The summed E-state index contributed by atoms with van der Waals surface area (Å²) in [5, 5.41) is 12.0. The van der Waals surface area contributed by atoms with Crippen LogP contribution in [-0.2, 0) is 22.6 Å². The van der Waals surface area contributed by atoms with E-state index in [9.17, 15) is 26.4 Å². The summed E-state index contributed by atoms with van der Waals surface area (Å²) in [6.07, 6.45) is -1.69. The van der Waals surface area contributed by atoms with Gasteiger partial charge < -0.3 is 10.2 Å². The molecule has 1 fully saturated rings. The number of amides is 1. The van der Waals surface area contributed by atoms with Crippen LogP contribution in [0.15, 0.2) is 77.7 Å². The number of benzene rings is 3. The van der Waals surface area contributed by atoms with Crippen LogP contribution in [0.3, 0.4) is 0 Å². The van der Waals surface area contributed by atoms with Crippen LogP contribution in [0.4, 0.5) is 18.9 Å². The maximum Gasteiger partial charge on any atom is 0.416 e. The third-order valence-electron chi connectivity index (χ3n) is 7.58. The Hall–Kier alpha value is -3.84. The fraction of sp³-hybridized carbons (Fsp3) is 0.355. The molecule has 216 valence electrons. The monoisotopic (exact) mass is 583 g/mol. The van der Waals surface area contributed by atoms with E-state index in [0.717, 1.165) is 41.8 Å². The van der Waals surface area contributed by atoms with E-state index in [1.807, 2.05) is 12.1 Å². The lowest BCUT2D eigenvalue weighted by atomic mass is 9.85. The number of sulfone groups is 1. The van der Waals surface area contributed by atoms with Gasteiger partial charge in [-0.3, -0.25) is 4.79 Å². The lowest BCUT2D eigenvalue weighted by Crippen LogP contribution is -2.42. The number of hydrogen-bond donors (Lipinski definition) is 1. The average molecular weight is 584 g/mol. The summed E-state index contributed by atoms with van der Waals surface area (Å²) >= 11 is 0. The van der Waals surface area contributed by atoms with Crippen LogP contribution in [0.5, 0.6) is 0 Å². The summed E-state index contributed by atoms with van der Waals surface area (Å²) in [5.41, 5.74) is 2.29. The summed E-state index contributed by atoms with van der Waals surface area (Å²) in [5.74, 6) is -0.216. The first-order valence-electron chi connectivity index (χ1n) is 13.5. The summed E-state index contributed by atoms with van der Waals surface area (Å²) in [7, 11) is -3.29. The van der Waals surface area contributed by atoms with E-state index in [1.165, 1.54) is 12.1 Å². The van der Waals surface area contributed by atoms with Crippen LogP contribution >= 0.6 is 0 Å². The summed E-state index contributed by atoms with van der Waals surface area (Å²) in [6, 6.07) is 21.2. The van der Waals surface area contributed by atoms with Gasteiger partial charge in [-0.25, -0.2) is 8.42 Å². The summed E-state index contributed by atoms with van der Waals surface area (Å²) in [6.45, 7) is 2.42. The first-order chi connectivity index (χ1) is 19.5. The van der Waals surface area contributed by atoms with E-state index in [4.69, 9.17) is 5.26 Å². The highest BCUT2D eigenvalue weighted by molar-refractivity contribution is 7.91. The number of nitrogens with one attached hydrogen (secondary N) is 1. The lowest BCUT2D eigenvalue weighted by molar-refractivity contribution is -0.137. The molecular formula is C31H32F3N3O3S. The number of anilines is 1. The Morgan fingerprint density at radius 2 is 1.66 bits per heavy atom. The lowest BCUT2D eigenvalue weighted by Gasteiger charge is -2.41. The number of nitriles is 1. The highest BCUT2D eigenvalue weighted by Crippen LogP contribution is 2.36. The van der Waals surface area contributed by atoms with Gasteiger partial charge in [-0.15, -0.1) is 0 Å². The molecule has 4 rings (SSSR count). The molecule has 1 N–H and O–H groups in total. The fourth-order valence-corrected chi connectivity index (χ4v) is 6.05. The highest BCUT2D eigenvalue weighted by Gasteiger charge is 2.32. The van der Waals surface area contributed by atoms with Crippen molar-refractivity contribution in [2.45, 2.75) is 62.2 Å². The van der Waals surface area contributed by atoms with Crippen molar-refractivity contribution in [1.82, 2.24) is 5.32 Å². The van der Waals surface area contributed by atoms with Gasteiger partial charge in [-0.05, 0) is 78.9 Å². The van der Waals surface area contributed by atoms with E-state index in [-0.39, 0.29) is 35.1 Å². The van der Waals surface area contributed by atoms with Gasteiger partial charge in [0, 0.05) is 42.7 Å². The SMILES string of the molecule is CCS(=O)(=O)c1ccc(CNC(=O)c2ccc(N3CC(c4ccc(C(F)(F)F)cc4)CC[C@H]3CCC#N)cc2)cc1. The maximum absolute atomic E-state index is 13.0. The van der Waals surface area contributed by atoms with Gasteiger partial charge in [0.05, 0.1) is 22.3 Å². The van der Waals surface area contributed by atoms with Crippen LogP contribution in [-0.4, -0.2) is 32.7 Å². The van der Waals surface area contributed by atoms with Gasteiger partial charge in [0.25, 0.3) is 5.91 Å².